The standard InChI is InChI=1S/C118H117BN6/c1-111(2,3)81-39-51-102-94(65-81)95-66-82(112(4,5)6)40-52-103(95)122(102)90-45-47-98-106(69-90)124(100-49-37-76(74-33-31-72(71-120)32-34-74)59-92(100)79-55-85(115(13,14)15)63-86(56-79)116(16,17)18)108-61-78(73-29-27-26-28-30-73)62-109-110(108)119(98)99-48-46-91(123-104-53-41-83(113(7,8)9)67-96(104)97-68-84(114(10,11)12)42-54-105(97)123)70-107(99)125(109)101-50-38-77(75-35-43-89(121-25)44-36-75)60-93(101)80-57-87(117(19,20)21)64-88(58-80)118(22,23)24/h26-70H,1-24H3. The van der Waals surface area contributed by atoms with Crippen LogP contribution in [0.1, 0.15) is 216 Å². The molecule has 2 aromatic heterocycles. The third-order valence-corrected chi connectivity index (χ3v) is 26.8. The fourth-order valence-electron chi connectivity index (χ4n) is 19.1. The lowest BCUT2D eigenvalue weighted by molar-refractivity contribution is 0.568. The van der Waals surface area contributed by atoms with Gasteiger partial charge < -0.3 is 18.9 Å². The van der Waals surface area contributed by atoms with Crippen LogP contribution in [0.4, 0.5) is 39.8 Å². The second-order valence-electron chi connectivity index (χ2n) is 43.9. The van der Waals surface area contributed by atoms with Crippen LogP contribution in [0.25, 0.3) is 115 Å². The molecule has 0 N–H and O–H groups in total. The summed E-state index contributed by atoms with van der Waals surface area (Å²) in [4.78, 5) is 9.23. The normalized spacial score (nSPS) is 13.4. The van der Waals surface area contributed by atoms with Crippen molar-refractivity contribution < 1.29 is 0 Å². The highest BCUT2D eigenvalue weighted by Crippen LogP contribution is 2.54. The topological polar surface area (TPSA) is 44.5 Å². The Kier molecular flexibility index (Phi) is 19.6. The molecule has 0 spiro atoms. The maximum atomic E-state index is 10.3. The molecule has 0 saturated heterocycles. The predicted octanol–water partition coefficient (Wildman–Crippen LogP) is 31.1. The molecule has 7 heteroatoms. The number of hydrogen-bond acceptors (Lipinski definition) is 3. The van der Waals surface area contributed by atoms with E-state index in [0.29, 0.717) is 11.3 Å². The van der Waals surface area contributed by atoms with E-state index >= 15 is 0 Å². The highest BCUT2D eigenvalue weighted by atomic mass is 15.2. The lowest BCUT2D eigenvalue weighted by atomic mass is 9.33. The van der Waals surface area contributed by atoms with Crippen LogP contribution in [-0.4, -0.2) is 15.8 Å². The summed E-state index contributed by atoms with van der Waals surface area (Å²) in [5.41, 5.74) is 37.7. The molecule has 0 saturated carbocycles. The summed E-state index contributed by atoms with van der Waals surface area (Å²) in [5, 5.41) is 15.2. The largest absolute Gasteiger partial charge is 0.311 e. The summed E-state index contributed by atoms with van der Waals surface area (Å²) >= 11 is 0. The fraction of sp³-hybridized carbons (Fsp3) is 0.271. The minimum absolute atomic E-state index is 0.0946. The molecule has 6 nitrogen and oxygen atoms in total. The van der Waals surface area contributed by atoms with Crippen molar-refractivity contribution in [3.63, 3.8) is 0 Å². The zero-order valence-corrected chi connectivity index (χ0v) is 77.7. The lowest BCUT2D eigenvalue weighted by Crippen LogP contribution is -2.61. The van der Waals surface area contributed by atoms with Crippen molar-refractivity contribution >= 4 is 107 Å². The number of rotatable bonds is 9. The summed E-state index contributed by atoms with van der Waals surface area (Å²) in [7, 11) is 0. The average molecular weight is 1630 g/mol. The van der Waals surface area contributed by atoms with E-state index in [0.717, 1.165) is 123 Å². The summed E-state index contributed by atoms with van der Waals surface area (Å²) in [6.45, 7) is 63.8. The van der Waals surface area contributed by atoms with Crippen molar-refractivity contribution in [1.82, 2.24) is 9.13 Å². The van der Waals surface area contributed by atoms with Gasteiger partial charge in [-0.15, -0.1) is 0 Å². The molecular weight excluding hydrogens is 1510 g/mol. The van der Waals surface area contributed by atoms with E-state index < -0.39 is 0 Å². The second-order valence-corrected chi connectivity index (χ2v) is 43.9. The first-order valence-corrected chi connectivity index (χ1v) is 44.8. The first kappa shape index (κ1) is 83.2. The van der Waals surface area contributed by atoms with Gasteiger partial charge in [0.05, 0.1) is 51.6 Å². The van der Waals surface area contributed by atoms with Crippen LogP contribution in [0.2, 0.25) is 0 Å². The second kappa shape index (κ2) is 29.5. The number of hydrogen-bond donors (Lipinski definition) is 0. The highest BCUT2D eigenvalue weighted by Gasteiger charge is 2.46. The van der Waals surface area contributed by atoms with Gasteiger partial charge in [0.15, 0.2) is 5.69 Å². The number of fused-ring (bicyclic) bond motifs is 10. The Labute approximate surface area is 742 Å². The molecule has 2 aliphatic rings. The van der Waals surface area contributed by atoms with Crippen LogP contribution in [0, 0.1) is 17.9 Å². The van der Waals surface area contributed by atoms with Gasteiger partial charge in [0.25, 0.3) is 6.71 Å². The minimum Gasteiger partial charge on any atom is -0.311 e. The van der Waals surface area contributed by atoms with Crippen LogP contribution < -0.4 is 26.2 Å². The van der Waals surface area contributed by atoms with E-state index in [1.54, 1.807) is 0 Å². The first-order chi connectivity index (χ1) is 58.9. The van der Waals surface area contributed by atoms with Crippen molar-refractivity contribution in [1.29, 1.82) is 5.26 Å². The fourth-order valence-corrected chi connectivity index (χ4v) is 19.1. The molecule has 0 bridgehead atoms. The molecule has 125 heavy (non-hydrogen) atoms. The number of benzene rings is 14. The van der Waals surface area contributed by atoms with Gasteiger partial charge in [-0.05, 0) is 270 Å². The maximum absolute atomic E-state index is 10.3. The number of aromatic nitrogens is 2. The first-order valence-electron chi connectivity index (χ1n) is 44.8. The third-order valence-electron chi connectivity index (χ3n) is 26.8. The van der Waals surface area contributed by atoms with E-state index in [9.17, 15) is 5.26 Å². The third kappa shape index (κ3) is 14.9. The predicted molar refractivity (Wildman–Crippen MR) is 537 cm³/mol. The maximum Gasteiger partial charge on any atom is 0.252 e. The van der Waals surface area contributed by atoms with Crippen LogP contribution in [-0.2, 0) is 43.3 Å². The Morgan fingerprint density at radius 1 is 0.264 bits per heavy atom. The summed E-state index contributed by atoms with van der Waals surface area (Å²) < 4.78 is 5.10. The molecule has 0 unspecified atom stereocenters. The van der Waals surface area contributed by atoms with Crippen LogP contribution in [0.5, 0.6) is 0 Å². The summed E-state index contributed by atoms with van der Waals surface area (Å²) in [6, 6.07) is 108. The Bertz CT molecular complexity index is 6560. The van der Waals surface area contributed by atoms with Crippen molar-refractivity contribution in [2.45, 2.75) is 209 Å². The molecule has 0 aliphatic carbocycles. The van der Waals surface area contributed by atoms with Gasteiger partial charge in [-0.1, -0.05) is 318 Å². The Hall–Kier alpha value is -12.7. The molecular formula is C118H117BN6. The van der Waals surface area contributed by atoms with Gasteiger partial charge in [0.2, 0.25) is 0 Å². The number of nitriles is 1. The van der Waals surface area contributed by atoms with E-state index in [1.165, 1.54) is 82.4 Å². The van der Waals surface area contributed by atoms with Gasteiger partial charge in [-0.2, -0.15) is 5.26 Å². The molecule has 2 aliphatic heterocycles. The molecule has 0 atom stereocenters. The molecule has 18 rings (SSSR count). The van der Waals surface area contributed by atoms with Gasteiger partial charge in [0.1, 0.15) is 0 Å². The highest BCUT2D eigenvalue weighted by molar-refractivity contribution is 7.00. The minimum atomic E-state index is -0.326. The van der Waals surface area contributed by atoms with E-state index in [-0.39, 0.29) is 50.0 Å². The molecule has 16 aromatic rings. The van der Waals surface area contributed by atoms with E-state index in [1.807, 2.05) is 24.3 Å². The zero-order chi connectivity index (χ0) is 88.6. The van der Waals surface area contributed by atoms with Crippen molar-refractivity contribution in [3.05, 3.63) is 334 Å². The molecule has 622 valence electrons. The lowest BCUT2D eigenvalue weighted by Gasteiger charge is -2.45. The molecule has 4 heterocycles. The Balaban J connectivity index is 1.02. The van der Waals surface area contributed by atoms with Crippen LogP contribution in [0.3, 0.4) is 0 Å². The molecule has 0 fully saturated rings. The SMILES string of the molecule is [C-]#[N+]c1ccc(-c2ccc(N3c4cc(-n5c6ccc(C(C)(C)C)cc6c6cc(C(C)(C)C)ccc65)ccc4B4c5ccc(-n6c7ccc(C(C)(C)C)cc7c7cc(C(C)(C)C)ccc76)cc5N(c5ccc(-c6ccc(C#N)cc6)cc5-c5cc(C(C)(C)C)cc(C(C)(C)C)c5)c5cc(-c6ccccc6)cc3c54)c(-c3cc(C(C)(C)C)cc(C(C)(C)C)c3)c2)cc1. The smallest absolute Gasteiger partial charge is 0.252 e. The average Bonchev–Trinajstić information content (AvgIpc) is 1.06. The summed E-state index contributed by atoms with van der Waals surface area (Å²) in [6.07, 6.45) is 0. The monoisotopic (exact) mass is 1630 g/mol. The van der Waals surface area contributed by atoms with Crippen molar-refractivity contribution in [2.24, 2.45) is 0 Å². The molecule has 0 amide bonds. The van der Waals surface area contributed by atoms with E-state index in [2.05, 4.69) is 445 Å². The Morgan fingerprint density at radius 3 is 0.904 bits per heavy atom. The van der Waals surface area contributed by atoms with Gasteiger partial charge in [-0.3, -0.25) is 0 Å². The number of anilines is 6. The molecule has 14 aromatic carbocycles. The van der Waals surface area contributed by atoms with Crippen LogP contribution in [0.15, 0.2) is 273 Å². The van der Waals surface area contributed by atoms with E-state index in [4.69, 9.17) is 6.57 Å². The molecule has 0 radical (unpaired) electrons. The zero-order valence-electron chi connectivity index (χ0n) is 77.7. The van der Waals surface area contributed by atoms with Crippen LogP contribution >= 0.6 is 0 Å². The van der Waals surface area contributed by atoms with Gasteiger partial charge in [-0.25, -0.2) is 4.85 Å². The van der Waals surface area contributed by atoms with Gasteiger partial charge >= 0.3 is 0 Å². The Morgan fingerprint density at radius 2 is 0.584 bits per heavy atom. The van der Waals surface area contributed by atoms with Gasteiger partial charge in [0, 0.05) is 66.8 Å². The summed E-state index contributed by atoms with van der Waals surface area (Å²) in [5.74, 6) is 0. The van der Waals surface area contributed by atoms with Crippen molar-refractivity contribution in [3.8, 4) is 73.1 Å². The quantitative estimate of drug-likeness (QED) is 0.107. The number of nitrogens with zero attached hydrogens (tertiary/aromatic N) is 6. The van der Waals surface area contributed by atoms with Crippen molar-refractivity contribution in [2.75, 3.05) is 9.80 Å².